The number of hydrogen-bond donors (Lipinski definition) is 2. The molecule has 0 radical (unpaired) electrons. The fourth-order valence-corrected chi connectivity index (χ4v) is 1.97. The van der Waals surface area contributed by atoms with Crippen molar-refractivity contribution in [2.75, 3.05) is 5.32 Å². The molecule has 2 N–H and O–H groups in total. The first kappa shape index (κ1) is 8.85. The molecule has 0 fully saturated rings. The third-order valence-electron chi connectivity index (χ3n) is 2.37. The molecule has 1 heterocycles. The Morgan fingerprint density at radius 1 is 1.54 bits per heavy atom. The average molecular weight is 198 g/mol. The number of aliphatic hydroxyl groups excluding tert-OH is 1. The van der Waals surface area contributed by atoms with E-state index in [0.29, 0.717) is 5.02 Å². The van der Waals surface area contributed by atoms with Gasteiger partial charge in [0.05, 0.1) is 16.8 Å². The average Bonchev–Trinajstić information content (AvgIpc) is 2.07. The van der Waals surface area contributed by atoms with E-state index < -0.39 is 0 Å². The number of hydrogen-bond acceptors (Lipinski definition) is 2. The zero-order chi connectivity index (χ0) is 9.42. The molecule has 13 heavy (non-hydrogen) atoms. The van der Waals surface area contributed by atoms with Gasteiger partial charge < -0.3 is 10.4 Å². The van der Waals surface area contributed by atoms with E-state index in [0.717, 1.165) is 17.7 Å². The lowest BCUT2D eigenvalue weighted by Gasteiger charge is -2.28. The minimum atomic E-state index is -0.384. The van der Waals surface area contributed by atoms with Crippen molar-refractivity contribution in [2.24, 2.45) is 0 Å². The van der Waals surface area contributed by atoms with E-state index in [1.54, 1.807) is 0 Å². The maximum absolute atomic E-state index is 9.76. The molecule has 2 rings (SSSR count). The van der Waals surface area contributed by atoms with Crippen molar-refractivity contribution in [1.82, 2.24) is 0 Å². The van der Waals surface area contributed by atoms with Gasteiger partial charge >= 0.3 is 0 Å². The van der Waals surface area contributed by atoms with Gasteiger partial charge in [0.15, 0.2) is 0 Å². The fourth-order valence-electron chi connectivity index (χ4n) is 1.74. The number of aliphatic hydroxyl groups is 1. The number of para-hydroxylation sites is 1. The maximum Gasteiger partial charge on any atom is 0.0829 e. The molecule has 2 nitrogen and oxygen atoms in total. The van der Waals surface area contributed by atoms with Gasteiger partial charge in [0.2, 0.25) is 0 Å². The van der Waals surface area contributed by atoms with Crippen molar-refractivity contribution >= 4 is 17.3 Å². The van der Waals surface area contributed by atoms with Crippen LogP contribution in [0.2, 0.25) is 5.02 Å². The molecule has 0 amide bonds. The van der Waals surface area contributed by atoms with Crippen molar-refractivity contribution in [3.8, 4) is 0 Å². The molecule has 70 valence electrons. The summed E-state index contributed by atoms with van der Waals surface area (Å²) in [6, 6.07) is 5.88. The van der Waals surface area contributed by atoms with Gasteiger partial charge in [0.25, 0.3) is 0 Å². The number of anilines is 1. The van der Waals surface area contributed by atoms with Crippen LogP contribution in [0.4, 0.5) is 5.69 Å². The summed E-state index contributed by atoms with van der Waals surface area (Å²) < 4.78 is 0. The Morgan fingerprint density at radius 2 is 2.31 bits per heavy atom. The zero-order valence-electron chi connectivity index (χ0n) is 7.42. The summed E-state index contributed by atoms with van der Waals surface area (Å²) >= 11 is 6.00. The Hall–Kier alpha value is -0.730. The van der Waals surface area contributed by atoms with Gasteiger partial charge in [-0.1, -0.05) is 23.7 Å². The fraction of sp³-hybridized carbons (Fsp3) is 0.400. The van der Waals surface area contributed by atoms with E-state index in [1.807, 2.05) is 25.1 Å². The van der Waals surface area contributed by atoms with E-state index in [4.69, 9.17) is 11.6 Å². The molecule has 0 saturated heterocycles. The highest BCUT2D eigenvalue weighted by molar-refractivity contribution is 6.33. The Bertz CT molecular complexity index is 327. The van der Waals surface area contributed by atoms with Crippen LogP contribution in [0.25, 0.3) is 0 Å². The quantitative estimate of drug-likeness (QED) is 0.670. The normalized spacial score (nSPS) is 26.4. The predicted molar refractivity (Wildman–Crippen MR) is 54.1 cm³/mol. The van der Waals surface area contributed by atoms with Crippen LogP contribution in [0.15, 0.2) is 18.2 Å². The largest absolute Gasteiger partial charge is 0.388 e. The Morgan fingerprint density at radius 3 is 3.08 bits per heavy atom. The van der Waals surface area contributed by atoms with Crippen LogP contribution >= 0.6 is 11.6 Å². The number of nitrogens with one attached hydrogen (secondary N) is 1. The molecular weight excluding hydrogens is 186 g/mol. The van der Waals surface area contributed by atoms with Crippen molar-refractivity contribution in [3.63, 3.8) is 0 Å². The monoisotopic (exact) mass is 197 g/mol. The molecule has 1 aliphatic rings. The molecule has 0 spiro atoms. The summed E-state index contributed by atoms with van der Waals surface area (Å²) in [5, 5.41) is 13.7. The third kappa shape index (κ3) is 1.52. The number of rotatable bonds is 0. The number of fused-ring (bicyclic) bond motifs is 1. The second-order valence-electron chi connectivity index (χ2n) is 3.50. The highest BCUT2D eigenvalue weighted by Crippen LogP contribution is 2.36. The van der Waals surface area contributed by atoms with Crippen molar-refractivity contribution < 1.29 is 5.11 Å². The van der Waals surface area contributed by atoms with Gasteiger partial charge in [-0.3, -0.25) is 0 Å². The van der Waals surface area contributed by atoms with Gasteiger partial charge in [0, 0.05) is 11.6 Å². The number of halogens is 1. The summed E-state index contributed by atoms with van der Waals surface area (Å²) in [7, 11) is 0. The zero-order valence-corrected chi connectivity index (χ0v) is 8.17. The smallest absolute Gasteiger partial charge is 0.0829 e. The summed E-state index contributed by atoms with van der Waals surface area (Å²) in [6.07, 6.45) is 0.359. The highest BCUT2D eigenvalue weighted by Gasteiger charge is 2.23. The summed E-state index contributed by atoms with van der Waals surface area (Å²) in [5.41, 5.74) is 1.79. The van der Waals surface area contributed by atoms with E-state index in [-0.39, 0.29) is 12.1 Å². The molecule has 1 aromatic rings. The van der Waals surface area contributed by atoms with Crippen molar-refractivity contribution in [2.45, 2.75) is 25.5 Å². The van der Waals surface area contributed by atoms with Gasteiger partial charge in [-0.25, -0.2) is 0 Å². The van der Waals surface area contributed by atoms with Crippen LogP contribution in [0.5, 0.6) is 0 Å². The lowest BCUT2D eigenvalue weighted by Crippen LogP contribution is -2.25. The van der Waals surface area contributed by atoms with Crippen molar-refractivity contribution in [3.05, 3.63) is 28.8 Å². The summed E-state index contributed by atoms with van der Waals surface area (Å²) in [4.78, 5) is 0. The van der Waals surface area contributed by atoms with Gasteiger partial charge in [-0.15, -0.1) is 0 Å². The molecular formula is C10H12ClNO. The molecule has 0 aromatic heterocycles. The lowest BCUT2D eigenvalue weighted by atomic mass is 9.96. The molecule has 1 aromatic carbocycles. The molecule has 2 unspecified atom stereocenters. The van der Waals surface area contributed by atoms with E-state index in [9.17, 15) is 5.11 Å². The Labute approximate surface area is 82.5 Å². The van der Waals surface area contributed by atoms with Crippen LogP contribution in [0.3, 0.4) is 0 Å². The highest BCUT2D eigenvalue weighted by atomic mass is 35.5. The third-order valence-corrected chi connectivity index (χ3v) is 2.69. The minimum Gasteiger partial charge on any atom is -0.388 e. The van der Waals surface area contributed by atoms with Crippen LogP contribution in [-0.2, 0) is 0 Å². The second-order valence-corrected chi connectivity index (χ2v) is 3.91. The number of benzene rings is 1. The van der Waals surface area contributed by atoms with Crippen molar-refractivity contribution in [1.29, 1.82) is 0 Å². The van der Waals surface area contributed by atoms with Crippen LogP contribution in [-0.4, -0.2) is 11.1 Å². The maximum atomic E-state index is 9.76. The van der Waals surface area contributed by atoms with E-state index in [2.05, 4.69) is 5.32 Å². The molecule has 0 bridgehead atoms. The Balaban J connectivity index is 2.49. The molecule has 3 heteroatoms. The SMILES string of the molecule is CC1CC(O)c2cccc(Cl)c2N1. The molecule has 0 saturated carbocycles. The van der Waals surface area contributed by atoms with Crippen LogP contribution < -0.4 is 5.32 Å². The predicted octanol–water partition coefficient (Wildman–Crippen LogP) is 2.58. The first-order valence-electron chi connectivity index (χ1n) is 4.41. The Kier molecular flexibility index (Phi) is 2.18. The summed E-state index contributed by atoms with van der Waals surface area (Å²) in [5.74, 6) is 0. The topological polar surface area (TPSA) is 32.3 Å². The van der Waals surface area contributed by atoms with Gasteiger partial charge in [-0.05, 0) is 19.4 Å². The summed E-state index contributed by atoms with van der Waals surface area (Å²) in [6.45, 7) is 2.04. The van der Waals surface area contributed by atoms with Gasteiger partial charge in [-0.2, -0.15) is 0 Å². The lowest BCUT2D eigenvalue weighted by molar-refractivity contribution is 0.158. The standard InChI is InChI=1S/C10H12ClNO/c1-6-5-9(13)7-3-2-4-8(11)10(7)12-6/h2-4,6,9,12-13H,5H2,1H3. The molecule has 0 aliphatic carbocycles. The van der Waals surface area contributed by atoms with Crippen LogP contribution in [0.1, 0.15) is 25.0 Å². The van der Waals surface area contributed by atoms with E-state index >= 15 is 0 Å². The van der Waals surface area contributed by atoms with Gasteiger partial charge in [0.1, 0.15) is 0 Å². The molecule has 1 aliphatic heterocycles. The first-order chi connectivity index (χ1) is 6.18. The second kappa shape index (κ2) is 3.20. The van der Waals surface area contributed by atoms with E-state index in [1.165, 1.54) is 0 Å². The first-order valence-corrected chi connectivity index (χ1v) is 4.79. The minimum absolute atomic E-state index is 0.280. The molecule has 2 atom stereocenters. The van der Waals surface area contributed by atoms with Crippen LogP contribution in [0, 0.1) is 0 Å².